The monoisotopic (exact) mass is 385 g/mol. The van der Waals surface area contributed by atoms with E-state index in [4.69, 9.17) is 4.74 Å². The van der Waals surface area contributed by atoms with E-state index in [9.17, 15) is 24.8 Å². The number of aliphatic hydroxyl groups excluding tert-OH is 4. The Bertz CT molecular complexity index is 528. The van der Waals surface area contributed by atoms with Crippen LogP contribution < -0.4 is 0 Å². The standard InChI is InChI=1S/C20H32FNO5/c1-14-5-7-15(8-6-14)12-27-13-16(21)4-2-3-9-22-10-17(23)19(25)20(26)18(24)11-22/h5-8,16-20,23-26H,2-4,9-13H2,1H3/t16-,17+,18+,19-,20-/m1/s1. The van der Waals surface area contributed by atoms with Crippen LogP contribution in [0.3, 0.4) is 0 Å². The van der Waals surface area contributed by atoms with Gasteiger partial charge in [-0.1, -0.05) is 29.8 Å². The second-order valence-electron chi connectivity index (χ2n) is 7.47. The van der Waals surface area contributed by atoms with Gasteiger partial charge in [0.05, 0.1) is 25.4 Å². The molecule has 2 rings (SSSR count). The number of alkyl halides is 1. The summed E-state index contributed by atoms with van der Waals surface area (Å²) in [5.41, 5.74) is 2.20. The van der Waals surface area contributed by atoms with Crippen molar-refractivity contribution in [1.29, 1.82) is 0 Å². The van der Waals surface area contributed by atoms with Crippen LogP contribution in [0.25, 0.3) is 0 Å². The molecule has 0 aromatic heterocycles. The average molecular weight is 385 g/mol. The van der Waals surface area contributed by atoms with E-state index in [0.29, 0.717) is 32.4 Å². The number of unbranched alkanes of at least 4 members (excludes halogenated alkanes) is 1. The van der Waals surface area contributed by atoms with E-state index in [-0.39, 0.29) is 19.7 Å². The van der Waals surface area contributed by atoms with Gasteiger partial charge in [-0.15, -0.1) is 0 Å². The van der Waals surface area contributed by atoms with Gasteiger partial charge in [0.15, 0.2) is 0 Å². The summed E-state index contributed by atoms with van der Waals surface area (Å²) in [4.78, 5) is 1.79. The van der Waals surface area contributed by atoms with Gasteiger partial charge in [-0.2, -0.15) is 0 Å². The van der Waals surface area contributed by atoms with Gasteiger partial charge in [-0.05, 0) is 38.3 Å². The van der Waals surface area contributed by atoms with Gasteiger partial charge in [-0.25, -0.2) is 4.39 Å². The van der Waals surface area contributed by atoms with Gasteiger partial charge >= 0.3 is 0 Å². The molecule has 1 aromatic carbocycles. The zero-order valence-electron chi connectivity index (χ0n) is 15.9. The summed E-state index contributed by atoms with van der Waals surface area (Å²) in [5, 5.41) is 39.0. The topological polar surface area (TPSA) is 93.4 Å². The molecule has 0 bridgehead atoms. The first-order valence-electron chi connectivity index (χ1n) is 9.58. The molecule has 7 heteroatoms. The van der Waals surface area contributed by atoms with Gasteiger partial charge < -0.3 is 25.2 Å². The van der Waals surface area contributed by atoms with Crippen molar-refractivity contribution in [3.8, 4) is 0 Å². The number of nitrogens with zero attached hydrogens (tertiary/aromatic N) is 1. The van der Waals surface area contributed by atoms with Crippen molar-refractivity contribution >= 4 is 0 Å². The highest BCUT2D eigenvalue weighted by atomic mass is 19.1. The van der Waals surface area contributed by atoms with E-state index in [1.54, 1.807) is 4.90 Å². The molecular weight excluding hydrogens is 353 g/mol. The number of rotatable bonds is 9. The molecule has 0 amide bonds. The number of β-amino-alcohol motifs (C(OH)–C–C–N with tert-alkyl or cyclic N) is 2. The molecule has 1 aliphatic rings. The quantitative estimate of drug-likeness (QED) is 0.470. The molecular formula is C20H32FNO5. The Morgan fingerprint density at radius 3 is 2.22 bits per heavy atom. The van der Waals surface area contributed by atoms with Crippen LogP contribution in [0.4, 0.5) is 4.39 Å². The predicted molar refractivity (Wildman–Crippen MR) is 100 cm³/mol. The smallest absolute Gasteiger partial charge is 0.123 e. The Balaban J connectivity index is 1.59. The third-order valence-electron chi connectivity index (χ3n) is 4.96. The molecule has 0 unspecified atom stereocenters. The van der Waals surface area contributed by atoms with Crippen LogP contribution in [0.15, 0.2) is 24.3 Å². The zero-order valence-corrected chi connectivity index (χ0v) is 15.9. The van der Waals surface area contributed by atoms with Crippen molar-refractivity contribution in [2.75, 3.05) is 26.2 Å². The minimum absolute atomic E-state index is 0.0629. The SMILES string of the molecule is Cc1ccc(COC[C@H](F)CCCCN2C[C@H](O)[C@@H](O)[C@H](O)[C@@H](O)C2)cc1. The van der Waals surface area contributed by atoms with E-state index >= 15 is 0 Å². The maximum Gasteiger partial charge on any atom is 0.123 e. The first kappa shape index (κ1) is 22.2. The molecule has 1 aromatic rings. The van der Waals surface area contributed by atoms with Crippen LogP contribution in [-0.2, 0) is 11.3 Å². The summed E-state index contributed by atoms with van der Waals surface area (Å²) in [7, 11) is 0. The van der Waals surface area contributed by atoms with Gasteiger partial charge in [0.25, 0.3) is 0 Å². The molecule has 0 spiro atoms. The number of hydrogen-bond donors (Lipinski definition) is 4. The summed E-state index contributed by atoms with van der Waals surface area (Å²) >= 11 is 0. The first-order valence-corrected chi connectivity index (χ1v) is 9.58. The Morgan fingerprint density at radius 1 is 1.04 bits per heavy atom. The number of benzene rings is 1. The molecule has 5 atom stereocenters. The summed E-state index contributed by atoms with van der Waals surface area (Å²) in [5.74, 6) is 0. The highest BCUT2D eigenvalue weighted by molar-refractivity contribution is 5.20. The molecule has 6 nitrogen and oxygen atoms in total. The van der Waals surface area contributed by atoms with Gasteiger partial charge in [0.1, 0.15) is 18.4 Å². The molecule has 1 aliphatic heterocycles. The van der Waals surface area contributed by atoms with Crippen molar-refractivity contribution in [1.82, 2.24) is 4.90 Å². The molecule has 1 fully saturated rings. The summed E-state index contributed by atoms with van der Waals surface area (Å²) in [6.07, 6.45) is -4.22. The molecule has 4 N–H and O–H groups in total. The Hall–Kier alpha value is -1.09. The number of halogens is 1. The molecule has 154 valence electrons. The highest BCUT2D eigenvalue weighted by Gasteiger charge is 2.35. The molecule has 0 saturated carbocycles. The maximum atomic E-state index is 13.9. The largest absolute Gasteiger partial charge is 0.389 e. The normalized spacial score (nSPS) is 28.1. The van der Waals surface area contributed by atoms with E-state index in [1.807, 2.05) is 31.2 Å². The lowest BCUT2D eigenvalue weighted by molar-refractivity contribution is -0.0894. The number of likely N-dealkylation sites (tertiary alicyclic amines) is 1. The van der Waals surface area contributed by atoms with Gasteiger partial charge in [0.2, 0.25) is 0 Å². The number of hydrogen-bond acceptors (Lipinski definition) is 6. The Kier molecular flexibility index (Phi) is 9.08. The summed E-state index contributed by atoms with van der Waals surface area (Å²) in [6.45, 7) is 3.38. The van der Waals surface area contributed by atoms with Crippen molar-refractivity contribution in [3.05, 3.63) is 35.4 Å². The predicted octanol–water partition coefficient (Wildman–Crippen LogP) is 0.779. The zero-order chi connectivity index (χ0) is 19.8. The lowest BCUT2D eigenvalue weighted by atomic mass is 10.1. The van der Waals surface area contributed by atoms with E-state index in [2.05, 4.69) is 0 Å². The third kappa shape index (κ3) is 7.44. The van der Waals surface area contributed by atoms with Crippen LogP contribution in [0.2, 0.25) is 0 Å². The van der Waals surface area contributed by atoms with Crippen LogP contribution in [-0.4, -0.2) is 82.2 Å². The van der Waals surface area contributed by atoms with Crippen LogP contribution in [0.5, 0.6) is 0 Å². The molecule has 1 heterocycles. The van der Waals surface area contributed by atoms with Crippen molar-refractivity contribution in [2.45, 2.75) is 63.4 Å². The van der Waals surface area contributed by atoms with Crippen molar-refractivity contribution in [3.63, 3.8) is 0 Å². The highest BCUT2D eigenvalue weighted by Crippen LogP contribution is 2.15. The fourth-order valence-electron chi connectivity index (χ4n) is 3.23. The third-order valence-corrected chi connectivity index (χ3v) is 4.96. The van der Waals surface area contributed by atoms with Gasteiger partial charge in [-0.3, -0.25) is 4.90 Å². The second-order valence-corrected chi connectivity index (χ2v) is 7.47. The number of ether oxygens (including phenoxy) is 1. The lowest BCUT2D eigenvalue weighted by Gasteiger charge is -2.23. The van der Waals surface area contributed by atoms with Crippen LogP contribution in [0, 0.1) is 6.92 Å². The second kappa shape index (κ2) is 11.0. The molecule has 0 aliphatic carbocycles. The van der Waals surface area contributed by atoms with Crippen LogP contribution in [0.1, 0.15) is 30.4 Å². The van der Waals surface area contributed by atoms with Gasteiger partial charge in [0, 0.05) is 13.1 Å². The summed E-state index contributed by atoms with van der Waals surface area (Å²) < 4.78 is 19.4. The maximum absolute atomic E-state index is 13.9. The molecule has 27 heavy (non-hydrogen) atoms. The molecule has 0 radical (unpaired) electrons. The Labute approximate surface area is 160 Å². The van der Waals surface area contributed by atoms with Crippen molar-refractivity contribution < 1.29 is 29.6 Å². The number of aliphatic hydroxyl groups is 4. The lowest BCUT2D eigenvalue weighted by Crippen LogP contribution is -2.43. The Morgan fingerprint density at radius 2 is 1.63 bits per heavy atom. The fraction of sp³-hybridized carbons (Fsp3) is 0.700. The number of aryl methyl sites for hydroxylation is 1. The average Bonchev–Trinajstić information content (AvgIpc) is 2.73. The van der Waals surface area contributed by atoms with Crippen molar-refractivity contribution in [2.24, 2.45) is 0 Å². The van der Waals surface area contributed by atoms with E-state index < -0.39 is 30.6 Å². The van der Waals surface area contributed by atoms with E-state index in [1.165, 1.54) is 5.56 Å². The minimum Gasteiger partial charge on any atom is -0.389 e. The minimum atomic E-state index is -1.36. The molecule has 1 saturated heterocycles. The fourth-order valence-corrected chi connectivity index (χ4v) is 3.23. The van der Waals surface area contributed by atoms with E-state index in [0.717, 1.165) is 5.56 Å². The van der Waals surface area contributed by atoms with Crippen LogP contribution >= 0.6 is 0 Å². The summed E-state index contributed by atoms with van der Waals surface area (Å²) in [6, 6.07) is 7.95. The first-order chi connectivity index (χ1) is 12.9.